The number of nitrogens with zero attached hydrogens (tertiary/aromatic N) is 3. The summed E-state index contributed by atoms with van der Waals surface area (Å²) in [5.41, 5.74) is 0.863. The molecule has 0 spiro atoms. The van der Waals surface area contributed by atoms with E-state index >= 15 is 0 Å². The Morgan fingerprint density at radius 3 is 1.71 bits per heavy atom. The van der Waals surface area contributed by atoms with Crippen molar-refractivity contribution in [1.82, 2.24) is 4.90 Å². The topological polar surface area (TPSA) is 85.0 Å². The fraction of sp³-hybridized carbons (Fsp3) is 0.474. The molecule has 2 rings (SSSR count). The molecular weight excluding hydrogens is 302 g/mol. The van der Waals surface area contributed by atoms with Gasteiger partial charge in [-0.1, -0.05) is 18.2 Å². The normalized spacial score (nSPS) is 15.3. The predicted octanol–water partition coefficient (Wildman–Crippen LogP) is 2.94. The highest BCUT2D eigenvalue weighted by atomic mass is 16.2. The first kappa shape index (κ1) is 17.7. The van der Waals surface area contributed by atoms with Gasteiger partial charge in [0.1, 0.15) is 0 Å². The Morgan fingerprint density at radius 1 is 0.917 bits per heavy atom. The summed E-state index contributed by atoms with van der Waals surface area (Å²) in [6, 6.07) is 10.1. The average molecular weight is 323 g/mol. The number of carbonyl (C=O) groups excluding carboxylic acids is 2. The van der Waals surface area contributed by atoms with Crippen LogP contribution in [0.4, 0.5) is 0 Å². The Morgan fingerprint density at radius 2 is 1.33 bits per heavy atom. The highest BCUT2D eigenvalue weighted by Gasteiger charge is 2.31. The van der Waals surface area contributed by atoms with Crippen LogP contribution in [0.2, 0.25) is 0 Å². The molecule has 124 valence electrons. The Hall–Kier alpha value is -2.66. The van der Waals surface area contributed by atoms with Crippen LogP contribution in [0, 0.1) is 22.7 Å². The largest absolute Gasteiger partial charge is 0.278 e. The van der Waals surface area contributed by atoms with E-state index in [4.69, 9.17) is 0 Å². The summed E-state index contributed by atoms with van der Waals surface area (Å²) < 4.78 is 0. The van der Waals surface area contributed by atoms with E-state index in [9.17, 15) is 20.1 Å². The van der Waals surface area contributed by atoms with Crippen molar-refractivity contribution in [2.45, 2.75) is 57.9 Å². The molecule has 24 heavy (non-hydrogen) atoms. The molecule has 5 heteroatoms. The summed E-state index contributed by atoms with van der Waals surface area (Å²) >= 11 is 0. The van der Waals surface area contributed by atoms with Crippen molar-refractivity contribution < 1.29 is 9.59 Å². The van der Waals surface area contributed by atoms with E-state index in [0.29, 0.717) is 0 Å². The third kappa shape index (κ3) is 3.31. The highest BCUT2D eigenvalue weighted by molar-refractivity contribution is 6.01. The van der Waals surface area contributed by atoms with Gasteiger partial charge in [-0.2, -0.15) is 10.5 Å². The average Bonchev–Trinajstić information content (AvgIpc) is 2.86. The second-order valence-electron chi connectivity index (χ2n) is 7.27. The lowest BCUT2D eigenvalue weighted by Gasteiger charge is -2.24. The molecule has 1 aliphatic heterocycles. The van der Waals surface area contributed by atoms with E-state index in [1.165, 1.54) is 4.90 Å². The maximum atomic E-state index is 11.9. The molecule has 5 nitrogen and oxygen atoms in total. The van der Waals surface area contributed by atoms with Crippen LogP contribution < -0.4 is 0 Å². The first-order valence-electron chi connectivity index (χ1n) is 7.91. The van der Waals surface area contributed by atoms with Crippen molar-refractivity contribution in [3.63, 3.8) is 0 Å². The van der Waals surface area contributed by atoms with Crippen LogP contribution in [0.25, 0.3) is 0 Å². The Kier molecular flexibility index (Phi) is 4.49. The van der Waals surface area contributed by atoms with Crippen molar-refractivity contribution in [2.24, 2.45) is 0 Å². The maximum absolute atomic E-state index is 11.9. The molecule has 1 aromatic carbocycles. The van der Waals surface area contributed by atoms with Gasteiger partial charge >= 0.3 is 0 Å². The molecule has 0 bridgehead atoms. The smallest absolute Gasteiger partial charge is 0.229 e. The molecule has 0 atom stereocenters. The number of hydrogen-bond acceptors (Lipinski definition) is 4. The minimum atomic E-state index is -0.727. The summed E-state index contributed by atoms with van der Waals surface area (Å²) in [6.07, 6.45) is 0.498. The van der Waals surface area contributed by atoms with Crippen molar-refractivity contribution in [2.75, 3.05) is 0 Å². The number of carbonyl (C=O) groups is 2. The fourth-order valence-corrected chi connectivity index (χ4v) is 2.62. The zero-order valence-corrected chi connectivity index (χ0v) is 14.5. The number of benzene rings is 1. The Balaban J connectivity index is 2.52. The molecule has 0 radical (unpaired) electrons. The minimum Gasteiger partial charge on any atom is -0.278 e. The number of rotatable bonds is 4. The summed E-state index contributed by atoms with van der Waals surface area (Å²) in [7, 11) is 0. The molecule has 0 aliphatic carbocycles. The van der Waals surface area contributed by atoms with Gasteiger partial charge in [0.15, 0.2) is 0 Å². The zero-order valence-electron chi connectivity index (χ0n) is 14.5. The molecular formula is C19H21N3O2. The molecule has 1 heterocycles. The van der Waals surface area contributed by atoms with E-state index in [-0.39, 0.29) is 31.2 Å². The van der Waals surface area contributed by atoms with Crippen LogP contribution >= 0.6 is 0 Å². The zero-order chi connectivity index (χ0) is 18.1. The number of hydrogen-bond donors (Lipinski definition) is 0. The molecule has 0 aromatic heterocycles. The lowest BCUT2D eigenvalue weighted by atomic mass is 9.79. The van der Waals surface area contributed by atoms with Crippen LogP contribution in [0.5, 0.6) is 0 Å². The number of nitriles is 2. The van der Waals surface area contributed by atoms with Crippen molar-refractivity contribution in [1.29, 1.82) is 10.5 Å². The van der Waals surface area contributed by atoms with Gasteiger partial charge in [-0.15, -0.1) is 0 Å². The molecule has 1 fully saturated rings. The predicted molar refractivity (Wildman–Crippen MR) is 88.5 cm³/mol. The van der Waals surface area contributed by atoms with Gasteiger partial charge in [0.25, 0.3) is 0 Å². The minimum absolute atomic E-state index is 0.175. The lowest BCUT2D eigenvalue weighted by Crippen LogP contribution is -2.29. The van der Waals surface area contributed by atoms with Gasteiger partial charge in [-0.05, 0) is 44.4 Å². The molecule has 2 amide bonds. The fourth-order valence-electron chi connectivity index (χ4n) is 2.62. The van der Waals surface area contributed by atoms with Gasteiger partial charge in [-0.3, -0.25) is 14.5 Å². The number of amides is 2. The van der Waals surface area contributed by atoms with E-state index in [0.717, 1.165) is 16.7 Å². The van der Waals surface area contributed by atoms with E-state index in [1.807, 2.05) is 18.2 Å². The summed E-state index contributed by atoms with van der Waals surface area (Å²) in [4.78, 5) is 25.0. The first-order chi connectivity index (χ1) is 11.1. The number of imide groups is 1. The summed E-state index contributed by atoms with van der Waals surface area (Å²) in [5.74, 6) is -0.350. The molecule has 0 saturated carbocycles. The third-order valence-electron chi connectivity index (χ3n) is 4.49. The van der Waals surface area contributed by atoms with Gasteiger partial charge in [0.2, 0.25) is 11.8 Å². The van der Waals surface area contributed by atoms with Crippen LogP contribution in [-0.4, -0.2) is 16.7 Å². The standard InChI is InChI=1S/C19H21N3O2/c1-18(2,11-20)14-7-13(8-15(9-14)19(3,4)12-21)10-22-16(23)5-6-17(22)24/h7-9H,5-6,10H2,1-4H3. The third-order valence-corrected chi connectivity index (χ3v) is 4.49. The second kappa shape index (κ2) is 6.09. The lowest BCUT2D eigenvalue weighted by molar-refractivity contribution is -0.139. The van der Waals surface area contributed by atoms with Gasteiger partial charge in [0.05, 0.1) is 29.5 Å². The van der Waals surface area contributed by atoms with E-state index in [1.54, 1.807) is 27.7 Å². The van der Waals surface area contributed by atoms with Crippen molar-refractivity contribution >= 4 is 11.8 Å². The van der Waals surface area contributed by atoms with Gasteiger partial charge < -0.3 is 0 Å². The highest BCUT2D eigenvalue weighted by Crippen LogP contribution is 2.31. The van der Waals surface area contributed by atoms with Crippen molar-refractivity contribution in [3.05, 3.63) is 34.9 Å². The SMILES string of the molecule is CC(C)(C#N)c1cc(CN2C(=O)CCC2=O)cc(C(C)(C)C#N)c1. The van der Waals surface area contributed by atoms with Crippen molar-refractivity contribution in [3.8, 4) is 12.1 Å². The second-order valence-corrected chi connectivity index (χ2v) is 7.27. The van der Waals surface area contributed by atoms with Crippen LogP contribution in [0.3, 0.4) is 0 Å². The van der Waals surface area contributed by atoms with Crippen LogP contribution in [0.15, 0.2) is 18.2 Å². The molecule has 0 N–H and O–H groups in total. The van der Waals surface area contributed by atoms with E-state index < -0.39 is 10.8 Å². The maximum Gasteiger partial charge on any atom is 0.229 e. The summed E-state index contributed by atoms with van der Waals surface area (Å²) in [6.45, 7) is 7.41. The quantitative estimate of drug-likeness (QED) is 0.797. The van der Waals surface area contributed by atoms with Crippen LogP contribution in [-0.2, 0) is 27.0 Å². The van der Waals surface area contributed by atoms with Crippen LogP contribution in [0.1, 0.15) is 57.2 Å². The monoisotopic (exact) mass is 323 g/mol. The first-order valence-corrected chi connectivity index (χ1v) is 7.91. The van der Waals surface area contributed by atoms with Gasteiger partial charge in [0, 0.05) is 12.8 Å². The molecule has 1 saturated heterocycles. The Bertz CT molecular complexity index is 719. The van der Waals surface area contributed by atoms with E-state index in [2.05, 4.69) is 12.1 Å². The summed E-state index contributed by atoms with van der Waals surface area (Å²) in [5, 5.41) is 18.8. The van der Waals surface area contributed by atoms with Gasteiger partial charge in [-0.25, -0.2) is 0 Å². The molecule has 1 aromatic rings. The number of likely N-dealkylation sites (tertiary alicyclic amines) is 1. The Labute approximate surface area is 142 Å². The molecule has 1 aliphatic rings. The molecule has 0 unspecified atom stereocenters.